The van der Waals surface area contributed by atoms with E-state index in [1.165, 1.54) is 12.0 Å². The van der Waals surface area contributed by atoms with Gasteiger partial charge in [-0.05, 0) is 76.5 Å². The molecule has 4 heteroatoms. The number of hydrogen-bond donors (Lipinski definition) is 0. The quantitative estimate of drug-likeness (QED) is 0.812. The zero-order valence-electron chi connectivity index (χ0n) is 16.2. The van der Waals surface area contributed by atoms with Crippen LogP contribution in [0.3, 0.4) is 0 Å². The van der Waals surface area contributed by atoms with Gasteiger partial charge in [0.2, 0.25) is 11.8 Å². The summed E-state index contributed by atoms with van der Waals surface area (Å²) in [6, 6.07) is 8.15. The molecule has 1 saturated heterocycles. The van der Waals surface area contributed by atoms with Crippen LogP contribution in [-0.4, -0.2) is 36.3 Å². The summed E-state index contributed by atoms with van der Waals surface area (Å²) >= 11 is 0. The summed E-state index contributed by atoms with van der Waals surface area (Å²) in [4.78, 5) is 29.7. The maximum absolute atomic E-state index is 13.0. The molecule has 0 spiro atoms. The van der Waals surface area contributed by atoms with Gasteiger partial charge >= 0.3 is 0 Å². The van der Waals surface area contributed by atoms with E-state index >= 15 is 0 Å². The Labute approximate surface area is 157 Å². The Morgan fingerprint density at radius 3 is 2.31 bits per heavy atom. The third kappa shape index (κ3) is 4.28. The van der Waals surface area contributed by atoms with E-state index in [0.29, 0.717) is 12.5 Å². The molecule has 1 aromatic carbocycles. The maximum Gasteiger partial charge on any atom is 0.230 e. The van der Waals surface area contributed by atoms with Crippen LogP contribution in [0.25, 0.3) is 0 Å². The van der Waals surface area contributed by atoms with Crippen molar-refractivity contribution in [2.24, 2.45) is 11.8 Å². The minimum Gasteiger partial charge on any atom is -0.342 e. The number of anilines is 1. The fraction of sp³-hybridized carbons (Fsp3) is 0.636. The molecule has 3 rings (SSSR count). The zero-order valence-corrected chi connectivity index (χ0v) is 16.2. The number of nitrogens with zero attached hydrogens (tertiary/aromatic N) is 2. The molecule has 2 aliphatic rings. The van der Waals surface area contributed by atoms with Crippen LogP contribution in [0.5, 0.6) is 0 Å². The second kappa shape index (κ2) is 8.70. The summed E-state index contributed by atoms with van der Waals surface area (Å²) in [5.74, 6) is 0.746. The Morgan fingerprint density at radius 2 is 1.69 bits per heavy atom. The van der Waals surface area contributed by atoms with Crippen molar-refractivity contribution in [3.8, 4) is 0 Å². The first-order valence-corrected chi connectivity index (χ1v) is 10.3. The van der Waals surface area contributed by atoms with E-state index in [1.54, 1.807) is 0 Å². The lowest BCUT2D eigenvalue weighted by molar-refractivity contribution is -0.138. The number of carbonyl (C=O) groups excluding carboxylic acids is 2. The van der Waals surface area contributed by atoms with Gasteiger partial charge in [0.25, 0.3) is 0 Å². The van der Waals surface area contributed by atoms with Crippen LogP contribution in [0, 0.1) is 18.8 Å². The van der Waals surface area contributed by atoms with Gasteiger partial charge in [-0.3, -0.25) is 9.59 Å². The first kappa shape index (κ1) is 18.9. The Balaban J connectivity index is 1.58. The van der Waals surface area contributed by atoms with Crippen molar-refractivity contribution in [1.82, 2.24) is 4.90 Å². The molecule has 4 nitrogen and oxygen atoms in total. The van der Waals surface area contributed by atoms with E-state index in [9.17, 15) is 9.59 Å². The van der Waals surface area contributed by atoms with Crippen molar-refractivity contribution in [2.75, 3.05) is 24.5 Å². The van der Waals surface area contributed by atoms with Gasteiger partial charge in [0, 0.05) is 37.2 Å². The van der Waals surface area contributed by atoms with E-state index in [4.69, 9.17) is 0 Å². The van der Waals surface area contributed by atoms with Crippen molar-refractivity contribution >= 4 is 17.5 Å². The smallest absolute Gasteiger partial charge is 0.230 e. The number of benzene rings is 1. The van der Waals surface area contributed by atoms with Gasteiger partial charge in [-0.25, -0.2) is 0 Å². The van der Waals surface area contributed by atoms with Crippen LogP contribution in [0.1, 0.15) is 57.4 Å². The van der Waals surface area contributed by atoms with E-state index in [1.807, 2.05) is 24.0 Å². The number of likely N-dealkylation sites (tertiary alicyclic amines) is 1. The normalized spacial score (nSPS) is 23.5. The van der Waals surface area contributed by atoms with Gasteiger partial charge in [-0.1, -0.05) is 12.1 Å². The Hall–Kier alpha value is -1.84. The molecule has 142 valence electrons. The van der Waals surface area contributed by atoms with Crippen molar-refractivity contribution in [1.29, 1.82) is 0 Å². The molecule has 0 radical (unpaired) electrons. The predicted molar refractivity (Wildman–Crippen MR) is 105 cm³/mol. The SMILES string of the molecule is CCN(C(=O)C1CCC(C(=O)N2CCCCC2)CC1)c1cccc(C)c1. The monoisotopic (exact) mass is 356 g/mol. The molecule has 1 saturated carbocycles. The number of rotatable bonds is 4. The van der Waals surface area contributed by atoms with E-state index < -0.39 is 0 Å². The van der Waals surface area contributed by atoms with E-state index in [2.05, 4.69) is 24.0 Å². The van der Waals surface area contributed by atoms with Crippen LogP contribution in [0.2, 0.25) is 0 Å². The molecule has 1 aliphatic heterocycles. The van der Waals surface area contributed by atoms with Gasteiger partial charge < -0.3 is 9.80 Å². The van der Waals surface area contributed by atoms with Crippen LogP contribution in [-0.2, 0) is 9.59 Å². The van der Waals surface area contributed by atoms with Crippen LogP contribution in [0.4, 0.5) is 5.69 Å². The summed E-state index contributed by atoms with van der Waals surface area (Å²) < 4.78 is 0. The molecule has 0 bridgehead atoms. The molecule has 2 fully saturated rings. The van der Waals surface area contributed by atoms with Crippen LogP contribution >= 0.6 is 0 Å². The number of piperidine rings is 1. The average Bonchev–Trinajstić information content (AvgIpc) is 2.69. The molecule has 1 heterocycles. The number of hydrogen-bond acceptors (Lipinski definition) is 2. The number of carbonyl (C=O) groups is 2. The average molecular weight is 357 g/mol. The van der Waals surface area contributed by atoms with Gasteiger partial charge in [0.1, 0.15) is 0 Å². The third-order valence-electron chi connectivity index (χ3n) is 5.99. The molecule has 1 aliphatic carbocycles. The lowest BCUT2D eigenvalue weighted by Gasteiger charge is -2.35. The first-order valence-electron chi connectivity index (χ1n) is 10.3. The van der Waals surface area contributed by atoms with Crippen molar-refractivity contribution < 1.29 is 9.59 Å². The Morgan fingerprint density at radius 1 is 1.04 bits per heavy atom. The van der Waals surface area contributed by atoms with Gasteiger partial charge in [-0.2, -0.15) is 0 Å². The minimum absolute atomic E-state index is 0.0564. The number of amides is 2. The van der Waals surface area contributed by atoms with E-state index in [-0.39, 0.29) is 17.7 Å². The highest BCUT2D eigenvalue weighted by molar-refractivity contribution is 5.95. The van der Waals surface area contributed by atoms with Gasteiger partial charge in [0.15, 0.2) is 0 Å². The van der Waals surface area contributed by atoms with Crippen LogP contribution in [0.15, 0.2) is 24.3 Å². The topological polar surface area (TPSA) is 40.6 Å². The highest BCUT2D eigenvalue weighted by Crippen LogP contribution is 2.33. The summed E-state index contributed by atoms with van der Waals surface area (Å²) in [5.41, 5.74) is 2.16. The van der Waals surface area contributed by atoms with Gasteiger partial charge in [-0.15, -0.1) is 0 Å². The lowest BCUT2D eigenvalue weighted by Crippen LogP contribution is -2.42. The fourth-order valence-corrected chi connectivity index (χ4v) is 4.44. The fourth-order valence-electron chi connectivity index (χ4n) is 4.44. The summed E-state index contributed by atoms with van der Waals surface area (Å²) in [6.07, 6.45) is 6.92. The van der Waals surface area contributed by atoms with E-state index in [0.717, 1.165) is 57.3 Å². The second-order valence-electron chi connectivity index (χ2n) is 7.86. The van der Waals surface area contributed by atoms with Crippen molar-refractivity contribution in [2.45, 2.75) is 58.8 Å². The molecular formula is C22H32N2O2. The highest BCUT2D eigenvalue weighted by Gasteiger charge is 2.34. The molecule has 0 N–H and O–H groups in total. The maximum atomic E-state index is 13.0. The molecule has 0 aromatic heterocycles. The largest absolute Gasteiger partial charge is 0.342 e. The molecule has 0 unspecified atom stereocenters. The Bertz CT molecular complexity index is 629. The molecular weight excluding hydrogens is 324 g/mol. The minimum atomic E-state index is 0.0564. The summed E-state index contributed by atoms with van der Waals surface area (Å²) in [7, 11) is 0. The predicted octanol–water partition coefficient (Wildman–Crippen LogP) is 4.17. The molecule has 26 heavy (non-hydrogen) atoms. The van der Waals surface area contributed by atoms with Crippen LogP contribution < -0.4 is 4.90 Å². The first-order chi connectivity index (χ1) is 12.6. The highest BCUT2D eigenvalue weighted by atomic mass is 16.2. The molecule has 0 atom stereocenters. The van der Waals surface area contributed by atoms with Crippen molar-refractivity contribution in [3.63, 3.8) is 0 Å². The zero-order chi connectivity index (χ0) is 18.5. The second-order valence-corrected chi connectivity index (χ2v) is 7.86. The Kier molecular flexibility index (Phi) is 6.33. The lowest BCUT2D eigenvalue weighted by atomic mass is 9.80. The summed E-state index contributed by atoms with van der Waals surface area (Å²) in [6.45, 7) is 6.63. The number of aryl methyl sites for hydroxylation is 1. The third-order valence-corrected chi connectivity index (χ3v) is 5.99. The standard InChI is InChI=1S/C22H32N2O2/c1-3-24(20-9-7-8-17(2)16-20)22(26)19-12-10-18(11-13-19)21(25)23-14-5-4-6-15-23/h7-9,16,18-19H,3-6,10-15H2,1-2H3. The molecule has 2 amide bonds. The summed E-state index contributed by atoms with van der Waals surface area (Å²) in [5, 5.41) is 0. The van der Waals surface area contributed by atoms with Gasteiger partial charge in [0.05, 0.1) is 0 Å². The molecule has 1 aromatic rings. The van der Waals surface area contributed by atoms with Crippen molar-refractivity contribution in [3.05, 3.63) is 29.8 Å².